The molecule has 0 saturated heterocycles. The summed E-state index contributed by atoms with van der Waals surface area (Å²) in [6.07, 6.45) is 0.688. The molecular weight excluding hydrogens is 354 g/mol. The monoisotopic (exact) mass is 383 g/mol. The molecule has 0 bridgehead atoms. The molecule has 1 aliphatic heterocycles. The van der Waals surface area contributed by atoms with E-state index in [1.807, 2.05) is 64.1 Å². The van der Waals surface area contributed by atoms with Crippen LogP contribution in [0.15, 0.2) is 42.5 Å². The van der Waals surface area contributed by atoms with Gasteiger partial charge in [0.15, 0.2) is 6.10 Å². The van der Waals surface area contributed by atoms with Crippen LogP contribution >= 0.6 is 0 Å². The number of ether oxygens (including phenoxy) is 3. The van der Waals surface area contributed by atoms with Gasteiger partial charge in [-0.25, -0.2) is 0 Å². The molecule has 0 fully saturated rings. The van der Waals surface area contributed by atoms with Gasteiger partial charge >= 0.3 is 0 Å². The second-order valence-corrected chi connectivity index (χ2v) is 7.86. The van der Waals surface area contributed by atoms with Gasteiger partial charge in [0, 0.05) is 18.1 Å². The summed E-state index contributed by atoms with van der Waals surface area (Å²) in [6, 6.07) is 13.3. The summed E-state index contributed by atoms with van der Waals surface area (Å²) in [4.78, 5) is 13.0. The maximum Gasteiger partial charge on any atom is 0.261 e. The Balaban J connectivity index is 1.77. The van der Waals surface area contributed by atoms with Crippen LogP contribution in [0.2, 0.25) is 0 Å². The minimum Gasteiger partial charge on any atom is -0.497 e. The third-order valence-electron chi connectivity index (χ3n) is 4.93. The highest BCUT2D eigenvalue weighted by Crippen LogP contribution is 2.40. The maximum atomic E-state index is 13.0. The number of carbonyl (C=O) groups is 1. The van der Waals surface area contributed by atoms with Gasteiger partial charge in [-0.3, -0.25) is 4.79 Å². The lowest BCUT2D eigenvalue weighted by atomic mass is 9.89. The van der Waals surface area contributed by atoms with Gasteiger partial charge in [0.05, 0.1) is 13.2 Å². The maximum absolute atomic E-state index is 13.0. The fourth-order valence-corrected chi connectivity index (χ4v) is 3.51. The predicted molar refractivity (Wildman–Crippen MR) is 109 cm³/mol. The summed E-state index contributed by atoms with van der Waals surface area (Å²) in [7, 11) is 1.61. The fourth-order valence-electron chi connectivity index (χ4n) is 3.51. The summed E-state index contributed by atoms with van der Waals surface area (Å²) in [5.74, 6) is 2.02. The van der Waals surface area contributed by atoms with Gasteiger partial charge in [0.2, 0.25) is 0 Å². The molecule has 1 aliphatic rings. The fraction of sp³-hybridized carbons (Fsp3) is 0.435. The minimum absolute atomic E-state index is 0.116. The van der Waals surface area contributed by atoms with E-state index < -0.39 is 6.10 Å². The van der Waals surface area contributed by atoms with E-state index in [2.05, 4.69) is 5.32 Å². The summed E-state index contributed by atoms with van der Waals surface area (Å²) < 4.78 is 17.3. The van der Waals surface area contributed by atoms with Crippen molar-refractivity contribution in [1.29, 1.82) is 0 Å². The third-order valence-corrected chi connectivity index (χ3v) is 4.93. The standard InChI is InChI=1S/C23H29NO4/c1-6-20(27-17-9-7-8-16(13-17)26-5)22(25)24-19-14-23(3,4)28-21-12-15(2)10-11-18(19)21/h7-13,19-20H,6,14H2,1-5H3,(H,24,25)/t19-,20-/m0/s1. The SMILES string of the molecule is CC[C@H](Oc1cccc(OC)c1)C(=O)N[C@H]1CC(C)(C)Oc2cc(C)ccc21. The number of rotatable bonds is 6. The zero-order valence-electron chi connectivity index (χ0n) is 17.2. The van der Waals surface area contributed by atoms with E-state index in [1.165, 1.54) is 0 Å². The first-order valence-electron chi connectivity index (χ1n) is 9.72. The van der Waals surface area contributed by atoms with Crippen molar-refractivity contribution in [3.05, 3.63) is 53.6 Å². The highest BCUT2D eigenvalue weighted by molar-refractivity contribution is 5.81. The Kier molecular flexibility index (Phi) is 5.82. The number of nitrogens with one attached hydrogen (secondary N) is 1. The number of methoxy groups -OCH3 is 1. The minimum atomic E-state index is -0.577. The Labute approximate surface area is 167 Å². The Hall–Kier alpha value is -2.69. The van der Waals surface area contributed by atoms with E-state index in [-0.39, 0.29) is 17.6 Å². The molecule has 5 nitrogen and oxygen atoms in total. The molecule has 1 heterocycles. The smallest absolute Gasteiger partial charge is 0.261 e. The highest BCUT2D eigenvalue weighted by atomic mass is 16.5. The van der Waals surface area contributed by atoms with Crippen molar-refractivity contribution in [2.75, 3.05) is 7.11 Å². The van der Waals surface area contributed by atoms with Crippen LogP contribution in [0.5, 0.6) is 17.2 Å². The van der Waals surface area contributed by atoms with Crippen LogP contribution in [0.25, 0.3) is 0 Å². The lowest BCUT2D eigenvalue weighted by Gasteiger charge is -2.38. The quantitative estimate of drug-likeness (QED) is 0.793. The average molecular weight is 383 g/mol. The van der Waals surface area contributed by atoms with Crippen LogP contribution in [-0.2, 0) is 4.79 Å². The molecule has 5 heteroatoms. The van der Waals surface area contributed by atoms with Crippen LogP contribution < -0.4 is 19.5 Å². The van der Waals surface area contributed by atoms with Gasteiger partial charge in [-0.1, -0.05) is 25.1 Å². The van der Waals surface area contributed by atoms with E-state index in [0.717, 1.165) is 16.9 Å². The molecule has 3 rings (SSSR count). The van der Waals surface area contributed by atoms with E-state index in [4.69, 9.17) is 14.2 Å². The van der Waals surface area contributed by atoms with Crippen LogP contribution in [0.4, 0.5) is 0 Å². The summed E-state index contributed by atoms with van der Waals surface area (Å²) >= 11 is 0. The van der Waals surface area contributed by atoms with Crippen molar-refractivity contribution in [2.45, 2.75) is 58.3 Å². The van der Waals surface area contributed by atoms with Crippen LogP contribution in [0.1, 0.15) is 50.8 Å². The number of hydrogen-bond acceptors (Lipinski definition) is 4. The topological polar surface area (TPSA) is 56.8 Å². The molecule has 0 spiro atoms. The Morgan fingerprint density at radius 3 is 2.71 bits per heavy atom. The molecule has 1 N–H and O–H groups in total. The van der Waals surface area contributed by atoms with E-state index >= 15 is 0 Å². The van der Waals surface area contributed by atoms with Gasteiger partial charge in [-0.15, -0.1) is 0 Å². The molecule has 2 aromatic carbocycles. The Bertz CT molecular complexity index is 846. The van der Waals surface area contributed by atoms with Crippen molar-refractivity contribution >= 4 is 5.91 Å². The molecule has 150 valence electrons. The van der Waals surface area contributed by atoms with Gasteiger partial charge < -0.3 is 19.5 Å². The molecule has 0 aliphatic carbocycles. The first-order chi connectivity index (χ1) is 13.3. The largest absolute Gasteiger partial charge is 0.497 e. The summed E-state index contributed by atoms with van der Waals surface area (Å²) in [6.45, 7) is 8.06. The molecule has 0 saturated carbocycles. The molecule has 1 amide bonds. The second kappa shape index (κ2) is 8.13. The van der Waals surface area contributed by atoms with Gasteiger partial charge in [-0.05, 0) is 51.0 Å². The van der Waals surface area contributed by atoms with Crippen molar-refractivity contribution in [3.63, 3.8) is 0 Å². The molecular formula is C23H29NO4. The van der Waals surface area contributed by atoms with E-state index in [9.17, 15) is 4.79 Å². The van der Waals surface area contributed by atoms with E-state index in [0.29, 0.717) is 24.3 Å². The summed E-state index contributed by atoms with van der Waals surface area (Å²) in [5.41, 5.74) is 1.79. The number of amides is 1. The van der Waals surface area contributed by atoms with Crippen LogP contribution in [0.3, 0.4) is 0 Å². The average Bonchev–Trinajstić information content (AvgIpc) is 2.64. The predicted octanol–water partition coefficient (Wildman–Crippen LogP) is 4.58. The van der Waals surface area contributed by atoms with E-state index in [1.54, 1.807) is 13.2 Å². The summed E-state index contributed by atoms with van der Waals surface area (Å²) in [5, 5.41) is 3.17. The number of carbonyl (C=O) groups excluding carboxylic acids is 1. The number of aryl methyl sites for hydroxylation is 1. The Morgan fingerprint density at radius 1 is 1.25 bits per heavy atom. The first kappa shape index (κ1) is 20.1. The van der Waals surface area contributed by atoms with Gasteiger partial charge in [-0.2, -0.15) is 0 Å². The van der Waals surface area contributed by atoms with Gasteiger partial charge in [0.1, 0.15) is 22.8 Å². The lowest BCUT2D eigenvalue weighted by Crippen LogP contribution is -2.45. The van der Waals surface area contributed by atoms with Crippen molar-refractivity contribution in [2.24, 2.45) is 0 Å². The molecule has 28 heavy (non-hydrogen) atoms. The third kappa shape index (κ3) is 4.58. The molecule has 2 atom stereocenters. The van der Waals surface area contributed by atoms with Crippen molar-refractivity contribution < 1.29 is 19.0 Å². The second-order valence-electron chi connectivity index (χ2n) is 7.86. The number of benzene rings is 2. The highest BCUT2D eigenvalue weighted by Gasteiger charge is 2.35. The van der Waals surface area contributed by atoms with Crippen molar-refractivity contribution in [3.8, 4) is 17.2 Å². The van der Waals surface area contributed by atoms with Crippen LogP contribution in [-0.4, -0.2) is 24.7 Å². The van der Waals surface area contributed by atoms with Gasteiger partial charge in [0.25, 0.3) is 5.91 Å². The molecule has 0 unspecified atom stereocenters. The normalized spacial score (nSPS) is 18.4. The van der Waals surface area contributed by atoms with Crippen LogP contribution in [0, 0.1) is 6.92 Å². The lowest BCUT2D eigenvalue weighted by molar-refractivity contribution is -0.129. The number of fused-ring (bicyclic) bond motifs is 1. The number of hydrogen-bond donors (Lipinski definition) is 1. The zero-order chi connectivity index (χ0) is 20.3. The van der Waals surface area contributed by atoms with Crippen molar-refractivity contribution in [1.82, 2.24) is 5.32 Å². The molecule has 0 aromatic heterocycles. The first-order valence-corrected chi connectivity index (χ1v) is 9.72. The molecule has 2 aromatic rings. The zero-order valence-corrected chi connectivity index (χ0v) is 17.2. The molecule has 0 radical (unpaired) electrons. The Morgan fingerprint density at radius 2 is 2.00 bits per heavy atom.